The molecule has 0 aliphatic rings. The molecule has 0 aliphatic heterocycles. The molecule has 0 nitrogen and oxygen atoms in total. The van der Waals surface area contributed by atoms with Crippen molar-refractivity contribution in [2.75, 3.05) is 12.3 Å². The van der Waals surface area contributed by atoms with Gasteiger partial charge in [-0.2, -0.15) is 0 Å². The van der Waals surface area contributed by atoms with Gasteiger partial charge in [0.25, 0.3) is 0 Å². The molecule has 0 spiro atoms. The largest absolute Gasteiger partial charge is 0.0873 e. The van der Waals surface area contributed by atoms with Crippen molar-refractivity contribution in [1.29, 1.82) is 0 Å². The summed E-state index contributed by atoms with van der Waals surface area (Å²) in [6, 6.07) is 38.5. The fourth-order valence-corrected chi connectivity index (χ4v) is 10.8. The molecular weight excluding hydrogens is 462 g/mol. The van der Waals surface area contributed by atoms with Crippen LogP contribution in [0.15, 0.2) is 133 Å². The van der Waals surface area contributed by atoms with Crippen LogP contribution in [0.25, 0.3) is 0 Å². The van der Waals surface area contributed by atoms with Gasteiger partial charge < -0.3 is 0 Å². The summed E-state index contributed by atoms with van der Waals surface area (Å²) in [6.45, 7) is 0. The Morgan fingerprint density at radius 3 is 0.844 bits per heavy atom. The summed E-state index contributed by atoms with van der Waals surface area (Å²) in [5.74, 6) is 0. The Kier molecular flexibility index (Phi) is 7.71. The standard InChI is InChI=1S/C28H26P2S2/c31-29(25-15-5-1-6-16-25,26-17-7-2-8-18-26)23-13-14-24-30(32,27-19-9-3-10-20-27)28-21-11-4-12-22-28/h1-22H,23-24H2/b14-13-. The van der Waals surface area contributed by atoms with Gasteiger partial charge >= 0.3 is 0 Å². The lowest BCUT2D eigenvalue weighted by Crippen LogP contribution is -2.18. The minimum absolute atomic E-state index is 0.856. The first-order valence-corrected chi connectivity index (χ1v) is 16.7. The van der Waals surface area contributed by atoms with E-state index in [4.69, 9.17) is 23.6 Å². The maximum absolute atomic E-state index is 6.37. The van der Waals surface area contributed by atoms with Gasteiger partial charge in [0.15, 0.2) is 0 Å². The summed E-state index contributed by atoms with van der Waals surface area (Å²) in [7, 11) is 0. The van der Waals surface area contributed by atoms with Crippen LogP contribution < -0.4 is 21.2 Å². The lowest BCUT2D eigenvalue weighted by Gasteiger charge is -2.23. The van der Waals surface area contributed by atoms with Crippen LogP contribution in [-0.4, -0.2) is 12.3 Å². The Hall–Kier alpha value is -2.08. The highest BCUT2D eigenvalue weighted by Gasteiger charge is 2.22. The molecule has 0 aliphatic carbocycles. The van der Waals surface area contributed by atoms with E-state index in [0.717, 1.165) is 12.3 Å². The highest BCUT2D eigenvalue weighted by molar-refractivity contribution is 8.22. The summed E-state index contributed by atoms with van der Waals surface area (Å²) >= 11 is 12.7. The van der Waals surface area contributed by atoms with E-state index in [2.05, 4.69) is 133 Å². The van der Waals surface area contributed by atoms with Crippen LogP contribution >= 0.6 is 12.1 Å². The molecule has 4 aromatic carbocycles. The Morgan fingerprint density at radius 2 is 0.625 bits per heavy atom. The zero-order chi connectivity index (χ0) is 22.3. The molecule has 0 saturated carbocycles. The Bertz CT molecular complexity index is 1060. The smallest absolute Gasteiger partial charge is 0.0141 e. The van der Waals surface area contributed by atoms with Gasteiger partial charge in [0.2, 0.25) is 0 Å². The van der Waals surface area contributed by atoms with E-state index in [1.165, 1.54) is 21.2 Å². The predicted molar refractivity (Wildman–Crippen MR) is 152 cm³/mol. The number of allylic oxidation sites excluding steroid dienone is 2. The highest BCUT2D eigenvalue weighted by Crippen LogP contribution is 2.46. The summed E-state index contributed by atoms with van der Waals surface area (Å²) in [4.78, 5) is 0. The van der Waals surface area contributed by atoms with E-state index in [1.54, 1.807) is 0 Å². The van der Waals surface area contributed by atoms with Gasteiger partial charge in [0.1, 0.15) is 0 Å². The first kappa shape index (κ1) is 23.1. The monoisotopic (exact) mass is 488 g/mol. The van der Waals surface area contributed by atoms with E-state index in [1.807, 2.05) is 0 Å². The van der Waals surface area contributed by atoms with E-state index >= 15 is 0 Å². The van der Waals surface area contributed by atoms with Gasteiger partial charge in [-0.15, -0.1) is 0 Å². The lowest BCUT2D eigenvalue weighted by molar-refractivity contribution is 1.62. The molecule has 0 fully saturated rings. The van der Waals surface area contributed by atoms with Crippen molar-refractivity contribution in [3.05, 3.63) is 133 Å². The van der Waals surface area contributed by atoms with Crippen molar-refractivity contribution in [3.63, 3.8) is 0 Å². The van der Waals surface area contributed by atoms with Gasteiger partial charge in [-0.25, -0.2) is 0 Å². The van der Waals surface area contributed by atoms with Crippen molar-refractivity contribution in [2.45, 2.75) is 0 Å². The molecule has 0 N–H and O–H groups in total. The van der Waals surface area contributed by atoms with E-state index in [-0.39, 0.29) is 0 Å². The summed E-state index contributed by atoms with van der Waals surface area (Å²) in [5.41, 5.74) is 0. The Morgan fingerprint density at radius 1 is 0.406 bits per heavy atom. The van der Waals surface area contributed by atoms with E-state index in [9.17, 15) is 0 Å². The van der Waals surface area contributed by atoms with Crippen molar-refractivity contribution in [1.82, 2.24) is 0 Å². The fraction of sp³-hybridized carbons (Fsp3) is 0.0714. The van der Waals surface area contributed by atoms with Crippen molar-refractivity contribution < 1.29 is 0 Å². The van der Waals surface area contributed by atoms with E-state index < -0.39 is 12.1 Å². The molecule has 0 bridgehead atoms. The molecule has 4 rings (SSSR count). The molecule has 0 aromatic heterocycles. The number of rotatable bonds is 8. The van der Waals surface area contributed by atoms with Crippen molar-refractivity contribution in [3.8, 4) is 0 Å². The minimum atomic E-state index is -1.93. The first-order valence-electron chi connectivity index (χ1n) is 10.7. The number of benzene rings is 4. The normalized spacial score (nSPS) is 12.1. The molecule has 32 heavy (non-hydrogen) atoms. The Labute approximate surface area is 202 Å². The fourth-order valence-electron chi connectivity index (χ4n) is 3.84. The molecule has 0 saturated heterocycles. The second-order valence-corrected chi connectivity index (χ2v) is 17.2. The number of hydrogen-bond acceptors (Lipinski definition) is 2. The van der Waals surface area contributed by atoms with Gasteiger partial charge in [-0.3, -0.25) is 0 Å². The predicted octanol–water partition coefficient (Wildman–Crippen LogP) is 5.80. The van der Waals surface area contributed by atoms with E-state index in [0.29, 0.717) is 0 Å². The van der Waals surface area contributed by atoms with Crippen molar-refractivity contribution >= 4 is 56.9 Å². The van der Waals surface area contributed by atoms with Gasteiger partial charge in [0.05, 0.1) is 0 Å². The first-order chi connectivity index (χ1) is 15.6. The molecule has 0 atom stereocenters. The van der Waals surface area contributed by atoms with Crippen LogP contribution in [0.4, 0.5) is 0 Å². The second kappa shape index (κ2) is 10.7. The van der Waals surface area contributed by atoms with Crippen LogP contribution in [-0.2, 0) is 23.6 Å². The summed E-state index contributed by atoms with van der Waals surface area (Å²) in [6.07, 6.45) is 6.28. The average Bonchev–Trinajstić information content (AvgIpc) is 2.88. The SMILES string of the molecule is S=P(C/C=C\CP(=S)(c1ccccc1)c1ccccc1)(c1ccccc1)c1ccccc1. The molecule has 4 heteroatoms. The third-order valence-corrected chi connectivity index (χ3v) is 15.0. The highest BCUT2D eigenvalue weighted by atomic mass is 32.4. The average molecular weight is 489 g/mol. The van der Waals surface area contributed by atoms with Crippen molar-refractivity contribution in [2.24, 2.45) is 0 Å². The van der Waals surface area contributed by atoms with Crippen LogP contribution in [0.1, 0.15) is 0 Å². The lowest BCUT2D eigenvalue weighted by atomic mass is 10.4. The minimum Gasteiger partial charge on any atom is -0.0873 e. The second-order valence-electron chi connectivity index (χ2n) is 7.66. The van der Waals surface area contributed by atoms with Gasteiger partial charge in [-0.1, -0.05) is 157 Å². The quantitative estimate of drug-likeness (QED) is 0.227. The maximum atomic E-state index is 6.37. The molecular formula is C28H26P2S2. The number of hydrogen-bond donors (Lipinski definition) is 0. The van der Waals surface area contributed by atoms with Gasteiger partial charge in [-0.05, 0) is 21.2 Å². The van der Waals surface area contributed by atoms with Crippen LogP contribution in [0.5, 0.6) is 0 Å². The van der Waals surface area contributed by atoms with Crippen LogP contribution in [0, 0.1) is 0 Å². The molecule has 0 amide bonds. The zero-order valence-electron chi connectivity index (χ0n) is 17.8. The molecule has 160 valence electrons. The molecule has 0 heterocycles. The zero-order valence-corrected chi connectivity index (χ0v) is 21.2. The summed E-state index contributed by atoms with van der Waals surface area (Å²) < 4.78 is 0. The molecule has 0 unspecified atom stereocenters. The Balaban J connectivity index is 1.64. The maximum Gasteiger partial charge on any atom is 0.0141 e. The third kappa shape index (κ3) is 5.11. The molecule has 0 radical (unpaired) electrons. The topological polar surface area (TPSA) is 0 Å². The third-order valence-electron chi connectivity index (χ3n) is 5.58. The molecule has 4 aromatic rings. The van der Waals surface area contributed by atoms with Gasteiger partial charge in [0, 0.05) is 24.4 Å². The van der Waals surface area contributed by atoms with Crippen LogP contribution in [0.2, 0.25) is 0 Å². The van der Waals surface area contributed by atoms with Crippen LogP contribution in [0.3, 0.4) is 0 Å². The summed E-state index contributed by atoms with van der Waals surface area (Å²) in [5, 5.41) is 5.04.